The van der Waals surface area contributed by atoms with Crippen molar-refractivity contribution in [2.75, 3.05) is 7.05 Å². The van der Waals surface area contributed by atoms with Crippen LogP contribution >= 0.6 is 11.5 Å². The SMILES string of the molecule is CCCc1nnsc1C(NC)c1ccncc1F. The lowest BCUT2D eigenvalue weighted by atomic mass is 10.0. The maximum absolute atomic E-state index is 13.8. The molecular weight excluding hydrogens is 251 g/mol. The fourth-order valence-electron chi connectivity index (χ4n) is 1.89. The number of aromatic nitrogens is 3. The Balaban J connectivity index is 2.39. The quantitative estimate of drug-likeness (QED) is 0.902. The number of rotatable bonds is 5. The second kappa shape index (κ2) is 5.97. The Bertz CT molecular complexity index is 514. The molecule has 0 aliphatic heterocycles. The number of nitrogens with one attached hydrogen (secondary N) is 1. The van der Waals surface area contributed by atoms with Crippen LogP contribution in [0.2, 0.25) is 0 Å². The molecule has 2 rings (SSSR count). The Morgan fingerprint density at radius 3 is 3.00 bits per heavy atom. The molecule has 0 bridgehead atoms. The summed E-state index contributed by atoms with van der Waals surface area (Å²) in [5.74, 6) is -0.312. The van der Waals surface area contributed by atoms with Crippen molar-refractivity contribution in [3.8, 4) is 0 Å². The number of aryl methyl sites for hydroxylation is 1. The molecule has 0 aliphatic rings. The van der Waals surface area contributed by atoms with E-state index in [2.05, 4.69) is 26.8 Å². The lowest BCUT2D eigenvalue weighted by molar-refractivity contribution is 0.571. The fraction of sp³-hybridized carbons (Fsp3) is 0.417. The van der Waals surface area contributed by atoms with E-state index < -0.39 is 0 Å². The largest absolute Gasteiger partial charge is 0.308 e. The van der Waals surface area contributed by atoms with Gasteiger partial charge >= 0.3 is 0 Å². The van der Waals surface area contributed by atoms with E-state index in [1.807, 2.05) is 0 Å². The molecule has 0 aromatic carbocycles. The molecule has 0 saturated carbocycles. The molecule has 2 aromatic rings. The van der Waals surface area contributed by atoms with Crippen LogP contribution in [0.25, 0.3) is 0 Å². The third-order valence-corrected chi connectivity index (χ3v) is 3.57. The van der Waals surface area contributed by atoms with Crippen LogP contribution in [0.5, 0.6) is 0 Å². The third kappa shape index (κ3) is 2.54. The van der Waals surface area contributed by atoms with E-state index in [1.54, 1.807) is 19.3 Å². The van der Waals surface area contributed by atoms with Crippen molar-refractivity contribution in [1.82, 2.24) is 19.9 Å². The molecule has 1 atom stereocenters. The second-order valence-electron chi connectivity index (χ2n) is 3.95. The Morgan fingerprint density at radius 2 is 2.33 bits per heavy atom. The summed E-state index contributed by atoms with van der Waals surface area (Å²) in [5.41, 5.74) is 1.52. The van der Waals surface area contributed by atoms with Gasteiger partial charge in [-0.1, -0.05) is 17.8 Å². The van der Waals surface area contributed by atoms with Crippen LogP contribution in [0, 0.1) is 5.82 Å². The third-order valence-electron chi connectivity index (χ3n) is 2.74. The Labute approximate surface area is 109 Å². The van der Waals surface area contributed by atoms with Gasteiger partial charge in [-0.15, -0.1) is 5.10 Å². The first kappa shape index (κ1) is 13.0. The number of hydrogen-bond donors (Lipinski definition) is 1. The molecule has 2 heterocycles. The number of halogens is 1. The zero-order valence-electron chi connectivity index (χ0n) is 10.4. The molecule has 1 N–H and O–H groups in total. The van der Waals surface area contributed by atoms with Crippen molar-refractivity contribution in [1.29, 1.82) is 0 Å². The van der Waals surface area contributed by atoms with Crippen molar-refractivity contribution in [3.05, 3.63) is 40.4 Å². The fourth-order valence-corrected chi connectivity index (χ4v) is 2.72. The molecule has 6 heteroatoms. The van der Waals surface area contributed by atoms with E-state index >= 15 is 0 Å². The maximum Gasteiger partial charge on any atom is 0.146 e. The monoisotopic (exact) mass is 266 g/mol. The Morgan fingerprint density at radius 1 is 1.50 bits per heavy atom. The van der Waals surface area contributed by atoms with E-state index in [4.69, 9.17) is 0 Å². The summed E-state index contributed by atoms with van der Waals surface area (Å²) in [6.45, 7) is 2.09. The Kier molecular flexibility index (Phi) is 4.33. The van der Waals surface area contributed by atoms with Gasteiger partial charge in [0.2, 0.25) is 0 Å². The van der Waals surface area contributed by atoms with Crippen molar-refractivity contribution in [2.45, 2.75) is 25.8 Å². The predicted octanol–water partition coefficient (Wildman–Crippen LogP) is 2.33. The van der Waals surface area contributed by atoms with E-state index in [1.165, 1.54) is 17.7 Å². The highest BCUT2D eigenvalue weighted by Gasteiger charge is 2.21. The smallest absolute Gasteiger partial charge is 0.146 e. The molecule has 0 saturated heterocycles. The summed E-state index contributed by atoms with van der Waals surface area (Å²) < 4.78 is 17.8. The van der Waals surface area contributed by atoms with Crippen LogP contribution in [0.4, 0.5) is 4.39 Å². The van der Waals surface area contributed by atoms with Gasteiger partial charge in [0, 0.05) is 11.8 Å². The van der Waals surface area contributed by atoms with Gasteiger partial charge < -0.3 is 5.32 Å². The first-order valence-corrected chi connectivity index (χ1v) is 6.63. The van der Waals surface area contributed by atoms with Crippen LogP contribution in [0.15, 0.2) is 18.5 Å². The van der Waals surface area contributed by atoms with E-state index in [0.717, 1.165) is 23.4 Å². The van der Waals surface area contributed by atoms with Crippen molar-refractivity contribution >= 4 is 11.5 Å². The highest BCUT2D eigenvalue weighted by molar-refractivity contribution is 7.05. The molecule has 0 radical (unpaired) electrons. The van der Waals surface area contributed by atoms with Crippen molar-refractivity contribution in [2.24, 2.45) is 0 Å². The molecule has 0 fully saturated rings. The topological polar surface area (TPSA) is 50.7 Å². The molecular formula is C12H15FN4S. The van der Waals surface area contributed by atoms with E-state index in [-0.39, 0.29) is 11.9 Å². The van der Waals surface area contributed by atoms with E-state index in [9.17, 15) is 4.39 Å². The Hall–Kier alpha value is -1.40. The molecule has 4 nitrogen and oxygen atoms in total. The van der Waals surface area contributed by atoms with Crippen LogP contribution in [-0.2, 0) is 6.42 Å². The zero-order chi connectivity index (χ0) is 13.0. The molecule has 0 spiro atoms. The van der Waals surface area contributed by atoms with Crippen LogP contribution in [0.3, 0.4) is 0 Å². The summed E-state index contributed by atoms with van der Waals surface area (Å²) in [6.07, 6.45) is 4.68. The highest BCUT2D eigenvalue weighted by Crippen LogP contribution is 2.28. The summed E-state index contributed by atoms with van der Waals surface area (Å²) >= 11 is 1.32. The van der Waals surface area contributed by atoms with E-state index in [0.29, 0.717) is 5.56 Å². The summed E-state index contributed by atoms with van der Waals surface area (Å²) in [5, 5.41) is 7.24. The summed E-state index contributed by atoms with van der Waals surface area (Å²) in [6, 6.07) is 1.47. The van der Waals surface area contributed by atoms with Gasteiger partial charge in [-0.25, -0.2) is 4.39 Å². The van der Waals surface area contributed by atoms with Crippen molar-refractivity contribution < 1.29 is 4.39 Å². The van der Waals surface area contributed by atoms with Gasteiger partial charge in [0.25, 0.3) is 0 Å². The minimum Gasteiger partial charge on any atom is -0.308 e. The summed E-state index contributed by atoms with van der Waals surface area (Å²) in [7, 11) is 1.81. The van der Waals surface area contributed by atoms with Gasteiger partial charge in [0.1, 0.15) is 5.82 Å². The lowest BCUT2D eigenvalue weighted by Crippen LogP contribution is -2.19. The standard InChI is InChI=1S/C12H15FN4S/c1-3-4-10-12(18-17-16-10)11(14-2)8-5-6-15-7-9(8)13/h5-7,11,14H,3-4H2,1-2H3. The van der Waals surface area contributed by atoms with Gasteiger partial charge in [0.05, 0.1) is 22.8 Å². The molecule has 18 heavy (non-hydrogen) atoms. The normalized spacial score (nSPS) is 12.6. The molecule has 2 aromatic heterocycles. The van der Waals surface area contributed by atoms with Crippen LogP contribution < -0.4 is 5.32 Å². The average molecular weight is 266 g/mol. The predicted molar refractivity (Wildman–Crippen MR) is 69.0 cm³/mol. The molecule has 1 unspecified atom stereocenters. The van der Waals surface area contributed by atoms with Gasteiger partial charge in [-0.05, 0) is 31.1 Å². The summed E-state index contributed by atoms with van der Waals surface area (Å²) in [4.78, 5) is 4.75. The molecule has 0 aliphatic carbocycles. The highest BCUT2D eigenvalue weighted by atomic mass is 32.1. The molecule has 96 valence electrons. The first-order chi connectivity index (χ1) is 8.77. The molecule has 0 amide bonds. The number of hydrogen-bond acceptors (Lipinski definition) is 5. The lowest BCUT2D eigenvalue weighted by Gasteiger charge is -2.16. The van der Waals surface area contributed by atoms with Gasteiger partial charge in [-0.2, -0.15) is 0 Å². The minimum absolute atomic E-state index is 0.213. The van der Waals surface area contributed by atoms with Crippen LogP contribution in [-0.4, -0.2) is 21.6 Å². The van der Waals surface area contributed by atoms with Crippen molar-refractivity contribution in [3.63, 3.8) is 0 Å². The van der Waals surface area contributed by atoms with Gasteiger partial charge in [0.15, 0.2) is 0 Å². The van der Waals surface area contributed by atoms with Crippen LogP contribution in [0.1, 0.15) is 35.5 Å². The van der Waals surface area contributed by atoms with Gasteiger partial charge in [-0.3, -0.25) is 4.98 Å². The second-order valence-corrected chi connectivity index (χ2v) is 4.74. The average Bonchev–Trinajstić information content (AvgIpc) is 2.82. The number of pyridine rings is 1. The first-order valence-electron chi connectivity index (χ1n) is 5.85. The minimum atomic E-state index is -0.312. The maximum atomic E-state index is 13.8. The zero-order valence-corrected chi connectivity index (χ0v) is 11.2. The number of nitrogens with zero attached hydrogens (tertiary/aromatic N) is 3.